The average molecular weight is 340 g/mol. The molecule has 0 aliphatic heterocycles. The van der Waals surface area contributed by atoms with Gasteiger partial charge in [-0.2, -0.15) is 0 Å². The fraction of sp³-hybridized carbons (Fsp3) is 0.273. The number of sulfone groups is 1. The highest BCUT2D eigenvalue weighted by Crippen LogP contribution is 2.30. The maximum Gasteiger partial charge on any atom is 0.337 e. The molecule has 1 atom stereocenters. The summed E-state index contributed by atoms with van der Waals surface area (Å²) in [7, 11) is -3.96. The summed E-state index contributed by atoms with van der Waals surface area (Å²) in [6.07, 6.45) is 0. The van der Waals surface area contributed by atoms with Gasteiger partial charge < -0.3 is 10.8 Å². The van der Waals surface area contributed by atoms with Crippen molar-refractivity contribution in [2.45, 2.75) is 11.8 Å². The van der Waals surface area contributed by atoms with Gasteiger partial charge in [-0.15, -0.1) is 0 Å². The number of amides is 1. The zero-order chi connectivity index (χ0) is 15.7. The highest BCUT2D eigenvalue weighted by Gasteiger charge is 2.26. The lowest BCUT2D eigenvalue weighted by molar-refractivity contribution is -0.120. The topological polar surface area (TPSA) is 115 Å². The maximum absolute atomic E-state index is 12.1. The van der Waals surface area contributed by atoms with Crippen molar-refractivity contribution in [1.82, 2.24) is 0 Å². The second-order valence-electron chi connectivity index (χ2n) is 4.15. The lowest BCUT2D eigenvalue weighted by atomic mass is 10.2. The molecule has 9 heteroatoms. The van der Waals surface area contributed by atoms with Gasteiger partial charge in [0.2, 0.25) is 5.91 Å². The third-order valence-electron chi connectivity index (χ3n) is 2.54. The van der Waals surface area contributed by atoms with E-state index in [-0.39, 0.29) is 15.6 Å². The van der Waals surface area contributed by atoms with Gasteiger partial charge in [0.1, 0.15) is 0 Å². The Hall–Kier alpha value is -1.31. The van der Waals surface area contributed by atoms with E-state index >= 15 is 0 Å². The number of primary amides is 1. The number of benzene rings is 1. The zero-order valence-electron chi connectivity index (χ0n) is 10.3. The standard InChI is InChI=1S/C11H11Cl2NO5S/c1-5(10(14)15)4-20(18,19)9-2-6(11(16)17)7(12)3-8(9)13/h2-3,5H,4H2,1H3,(H2,14,15)(H,16,17). The number of halogens is 2. The predicted molar refractivity (Wildman–Crippen MR) is 73.8 cm³/mol. The molecule has 0 radical (unpaired) electrons. The Balaban J connectivity index is 3.35. The van der Waals surface area contributed by atoms with Crippen molar-refractivity contribution < 1.29 is 23.1 Å². The number of rotatable bonds is 5. The van der Waals surface area contributed by atoms with Gasteiger partial charge in [0.15, 0.2) is 9.84 Å². The number of carbonyl (C=O) groups excluding carboxylic acids is 1. The van der Waals surface area contributed by atoms with Crippen molar-refractivity contribution >= 4 is 44.9 Å². The third-order valence-corrected chi connectivity index (χ3v) is 5.23. The first-order valence-corrected chi connectivity index (χ1v) is 7.71. The molecule has 0 aromatic heterocycles. The molecule has 0 bridgehead atoms. The van der Waals surface area contributed by atoms with Crippen molar-refractivity contribution in [3.63, 3.8) is 0 Å². The molecule has 1 amide bonds. The van der Waals surface area contributed by atoms with E-state index in [0.717, 1.165) is 12.1 Å². The second-order valence-corrected chi connectivity index (χ2v) is 6.97. The first-order chi connectivity index (χ1) is 9.06. The number of carboxylic acids is 1. The first kappa shape index (κ1) is 16.7. The van der Waals surface area contributed by atoms with E-state index in [1.165, 1.54) is 6.92 Å². The van der Waals surface area contributed by atoms with E-state index < -0.39 is 38.3 Å². The van der Waals surface area contributed by atoms with Crippen LogP contribution in [0.4, 0.5) is 0 Å². The highest BCUT2D eigenvalue weighted by molar-refractivity contribution is 7.91. The Kier molecular flexibility index (Phi) is 5.01. The molecular weight excluding hydrogens is 329 g/mol. The van der Waals surface area contributed by atoms with Crippen LogP contribution in [0.5, 0.6) is 0 Å². The van der Waals surface area contributed by atoms with Crippen molar-refractivity contribution in [3.8, 4) is 0 Å². The summed E-state index contributed by atoms with van der Waals surface area (Å²) in [5, 5.41) is 8.53. The Labute approximate surface area is 125 Å². The minimum atomic E-state index is -3.96. The average Bonchev–Trinajstić information content (AvgIpc) is 2.26. The first-order valence-electron chi connectivity index (χ1n) is 5.30. The molecular formula is C11H11Cl2NO5S. The molecule has 1 rings (SSSR count). The smallest absolute Gasteiger partial charge is 0.337 e. The largest absolute Gasteiger partial charge is 0.478 e. The van der Waals surface area contributed by atoms with Crippen LogP contribution >= 0.6 is 23.2 Å². The fourth-order valence-electron chi connectivity index (χ4n) is 1.43. The van der Waals surface area contributed by atoms with Crippen molar-refractivity contribution in [2.75, 3.05) is 5.75 Å². The molecule has 0 heterocycles. The van der Waals surface area contributed by atoms with Crippen molar-refractivity contribution in [1.29, 1.82) is 0 Å². The Bertz CT molecular complexity index is 672. The van der Waals surface area contributed by atoms with E-state index in [9.17, 15) is 18.0 Å². The summed E-state index contributed by atoms with van der Waals surface area (Å²) in [4.78, 5) is 21.5. The molecule has 0 aliphatic carbocycles. The van der Waals surface area contributed by atoms with Crippen molar-refractivity contribution in [3.05, 3.63) is 27.7 Å². The molecule has 0 spiro atoms. The van der Waals surface area contributed by atoms with Gasteiger partial charge in [0.25, 0.3) is 0 Å². The van der Waals surface area contributed by atoms with Gasteiger partial charge in [-0.05, 0) is 12.1 Å². The van der Waals surface area contributed by atoms with Gasteiger partial charge in [0.05, 0.1) is 26.3 Å². The SMILES string of the molecule is CC(CS(=O)(=O)c1cc(C(=O)O)c(Cl)cc1Cl)C(N)=O. The quantitative estimate of drug-likeness (QED) is 0.845. The lowest BCUT2D eigenvalue weighted by Crippen LogP contribution is -2.27. The van der Waals surface area contributed by atoms with Gasteiger partial charge in [0, 0.05) is 5.92 Å². The van der Waals surface area contributed by atoms with E-state index in [0.29, 0.717) is 0 Å². The van der Waals surface area contributed by atoms with Gasteiger partial charge in [-0.3, -0.25) is 4.79 Å². The number of hydrogen-bond donors (Lipinski definition) is 2. The monoisotopic (exact) mass is 339 g/mol. The summed E-state index contributed by atoms with van der Waals surface area (Å²) >= 11 is 11.4. The Morgan fingerprint density at radius 1 is 1.30 bits per heavy atom. The Morgan fingerprint density at radius 3 is 2.30 bits per heavy atom. The second kappa shape index (κ2) is 5.99. The molecule has 0 fully saturated rings. The molecule has 1 unspecified atom stereocenters. The third kappa shape index (κ3) is 3.62. The molecule has 1 aromatic rings. The predicted octanol–water partition coefficient (Wildman–Crippen LogP) is 1.59. The van der Waals surface area contributed by atoms with Gasteiger partial charge in [-0.25, -0.2) is 13.2 Å². The van der Waals surface area contributed by atoms with Crippen molar-refractivity contribution in [2.24, 2.45) is 11.7 Å². The van der Waals surface area contributed by atoms with E-state index in [2.05, 4.69) is 0 Å². The summed E-state index contributed by atoms with van der Waals surface area (Å²) in [6, 6.07) is 1.91. The molecule has 20 heavy (non-hydrogen) atoms. The van der Waals surface area contributed by atoms with Gasteiger partial charge >= 0.3 is 5.97 Å². The van der Waals surface area contributed by atoms with Crippen LogP contribution in [0, 0.1) is 5.92 Å². The van der Waals surface area contributed by atoms with E-state index in [1.54, 1.807) is 0 Å². The molecule has 3 N–H and O–H groups in total. The van der Waals surface area contributed by atoms with E-state index in [1.807, 2.05) is 0 Å². The van der Waals surface area contributed by atoms with Crippen LogP contribution in [0.15, 0.2) is 17.0 Å². The number of aromatic carboxylic acids is 1. The molecule has 0 saturated heterocycles. The number of hydrogen-bond acceptors (Lipinski definition) is 4. The molecule has 0 aliphatic rings. The van der Waals surface area contributed by atoms with Crippen LogP contribution in [0.25, 0.3) is 0 Å². The summed E-state index contributed by atoms with van der Waals surface area (Å²) in [5.41, 5.74) is 4.62. The summed E-state index contributed by atoms with van der Waals surface area (Å²) < 4.78 is 24.3. The lowest BCUT2D eigenvalue weighted by Gasteiger charge is -2.11. The zero-order valence-corrected chi connectivity index (χ0v) is 12.6. The fourth-order valence-corrected chi connectivity index (χ4v) is 3.90. The minimum absolute atomic E-state index is 0.176. The van der Waals surface area contributed by atoms with Gasteiger partial charge in [-0.1, -0.05) is 30.1 Å². The molecule has 6 nitrogen and oxygen atoms in total. The summed E-state index contributed by atoms with van der Waals surface area (Å²) in [5.74, 6) is -3.66. The normalized spacial score (nSPS) is 12.9. The number of nitrogens with two attached hydrogens (primary N) is 1. The Morgan fingerprint density at radius 2 is 1.85 bits per heavy atom. The number of carbonyl (C=O) groups is 2. The number of carboxylic acid groups (broad SMARTS) is 1. The van der Waals surface area contributed by atoms with E-state index in [4.69, 9.17) is 34.0 Å². The van der Waals surface area contributed by atoms with Crippen LogP contribution in [0.3, 0.4) is 0 Å². The molecule has 110 valence electrons. The molecule has 0 saturated carbocycles. The minimum Gasteiger partial charge on any atom is -0.478 e. The highest BCUT2D eigenvalue weighted by atomic mass is 35.5. The molecule has 1 aromatic carbocycles. The van der Waals surface area contributed by atoms with Crippen LogP contribution in [0.2, 0.25) is 10.0 Å². The van der Waals surface area contributed by atoms with Crippen LogP contribution in [-0.2, 0) is 14.6 Å². The van der Waals surface area contributed by atoms with Crippen LogP contribution in [-0.4, -0.2) is 31.2 Å². The van der Waals surface area contributed by atoms with Crippen LogP contribution in [0.1, 0.15) is 17.3 Å². The maximum atomic E-state index is 12.1. The summed E-state index contributed by atoms with van der Waals surface area (Å²) in [6.45, 7) is 1.35. The van der Waals surface area contributed by atoms with Crippen LogP contribution < -0.4 is 5.73 Å².